The molecule has 1 aliphatic heterocycles. The molecular weight excluding hydrogens is 206 g/mol. The third kappa shape index (κ3) is 1.30. The van der Waals surface area contributed by atoms with E-state index in [4.69, 9.17) is 0 Å². The van der Waals surface area contributed by atoms with Crippen LogP contribution in [0.3, 0.4) is 0 Å². The number of hydrogen-bond acceptors (Lipinski definition) is 4. The molecule has 0 saturated heterocycles. The summed E-state index contributed by atoms with van der Waals surface area (Å²) in [7, 11) is -3.23. The van der Waals surface area contributed by atoms with E-state index in [0.29, 0.717) is 16.1 Å². The zero-order valence-corrected chi connectivity index (χ0v) is 8.10. The van der Waals surface area contributed by atoms with E-state index in [1.807, 2.05) is 0 Å². The van der Waals surface area contributed by atoms with E-state index in [1.165, 1.54) is 11.5 Å². The Kier molecular flexibility index (Phi) is 1.78. The summed E-state index contributed by atoms with van der Waals surface area (Å²) in [4.78, 5) is 0.290. The van der Waals surface area contributed by atoms with Crippen LogP contribution in [0, 0.1) is 0 Å². The summed E-state index contributed by atoms with van der Waals surface area (Å²) in [5, 5.41) is 1.19. The van der Waals surface area contributed by atoms with Gasteiger partial charge in [-0.15, -0.1) is 0 Å². The molecular formula is C8H5NO2S2. The molecule has 1 aromatic rings. The second kappa shape index (κ2) is 2.71. The minimum absolute atomic E-state index is 0.290. The molecule has 13 heavy (non-hydrogen) atoms. The van der Waals surface area contributed by atoms with Crippen LogP contribution in [0.2, 0.25) is 0 Å². The van der Waals surface area contributed by atoms with Crippen LogP contribution in [0.1, 0.15) is 5.56 Å². The molecule has 0 atom stereocenters. The summed E-state index contributed by atoms with van der Waals surface area (Å²) in [6.07, 6.45) is 1.57. The van der Waals surface area contributed by atoms with Crippen molar-refractivity contribution in [1.29, 1.82) is 0 Å². The number of nitrogens with zero attached hydrogens (tertiary/aromatic N) is 1. The average molecular weight is 211 g/mol. The molecule has 5 heteroatoms. The molecule has 0 aromatic heterocycles. The second-order valence-corrected chi connectivity index (χ2v) is 4.65. The highest BCUT2D eigenvalue weighted by molar-refractivity contribution is 7.94. The zero-order chi connectivity index (χ0) is 9.47. The predicted octanol–water partition coefficient (Wildman–Crippen LogP) is 1.81. The average Bonchev–Trinajstić information content (AvgIpc) is 2.42. The number of hydrogen-bond donors (Lipinski definition) is 0. The molecule has 0 fully saturated rings. The largest absolute Gasteiger partial charge is 0.219 e. The van der Waals surface area contributed by atoms with Crippen molar-refractivity contribution in [1.82, 2.24) is 0 Å². The van der Waals surface area contributed by atoms with Gasteiger partial charge in [-0.25, -0.2) is 8.42 Å². The van der Waals surface area contributed by atoms with Gasteiger partial charge in [0.25, 0.3) is 0 Å². The van der Waals surface area contributed by atoms with Crippen LogP contribution in [0.4, 0.5) is 5.69 Å². The SMILES string of the molecule is O=S1(=O)C=Cc2ccc(N=S)cc21. The van der Waals surface area contributed by atoms with Crippen LogP contribution >= 0.6 is 0 Å². The highest BCUT2D eigenvalue weighted by Gasteiger charge is 2.20. The van der Waals surface area contributed by atoms with E-state index >= 15 is 0 Å². The van der Waals surface area contributed by atoms with Gasteiger partial charge in [0.1, 0.15) is 0 Å². The maximum Gasteiger partial charge on any atom is 0.200 e. The van der Waals surface area contributed by atoms with E-state index in [2.05, 4.69) is 16.8 Å². The molecule has 0 saturated carbocycles. The Morgan fingerprint density at radius 3 is 2.77 bits per heavy atom. The summed E-state index contributed by atoms with van der Waals surface area (Å²) < 4.78 is 26.2. The van der Waals surface area contributed by atoms with Crippen molar-refractivity contribution in [3.05, 3.63) is 29.2 Å². The van der Waals surface area contributed by atoms with Gasteiger partial charge < -0.3 is 0 Å². The van der Waals surface area contributed by atoms with Gasteiger partial charge in [-0.3, -0.25) is 0 Å². The lowest BCUT2D eigenvalue weighted by molar-refractivity contribution is 0.605. The minimum Gasteiger partial charge on any atom is -0.219 e. The number of rotatable bonds is 1. The molecule has 3 nitrogen and oxygen atoms in total. The molecule has 1 heterocycles. The van der Waals surface area contributed by atoms with Gasteiger partial charge in [0.15, 0.2) is 0 Å². The lowest BCUT2D eigenvalue weighted by Gasteiger charge is -1.98. The van der Waals surface area contributed by atoms with Crippen molar-refractivity contribution in [2.45, 2.75) is 4.90 Å². The van der Waals surface area contributed by atoms with Crippen molar-refractivity contribution in [3.8, 4) is 0 Å². The Labute approximate surface area is 81.2 Å². The van der Waals surface area contributed by atoms with E-state index in [9.17, 15) is 8.42 Å². The first-order valence-corrected chi connectivity index (χ1v) is 5.45. The Hall–Kier alpha value is -1.07. The molecule has 1 aliphatic rings. The van der Waals surface area contributed by atoms with Crippen LogP contribution < -0.4 is 0 Å². The van der Waals surface area contributed by atoms with Gasteiger partial charge in [0.2, 0.25) is 9.84 Å². The van der Waals surface area contributed by atoms with Gasteiger partial charge in [-0.1, -0.05) is 6.07 Å². The Morgan fingerprint density at radius 1 is 1.31 bits per heavy atom. The van der Waals surface area contributed by atoms with Crippen LogP contribution in [0.5, 0.6) is 0 Å². The smallest absolute Gasteiger partial charge is 0.200 e. The second-order valence-electron chi connectivity index (χ2n) is 2.66. The summed E-state index contributed by atoms with van der Waals surface area (Å²) in [5.74, 6) is 0. The first kappa shape index (κ1) is 8.52. The van der Waals surface area contributed by atoms with Gasteiger partial charge in [-0.05, 0) is 23.8 Å². The monoisotopic (exact) mass is 211 g/mol. The van der Waals surface area contributed by atoms with E-state index in [1.54, 1.807) is 18.2 Å². The van der Waals surface area contributed by atoms with Gasteiger partial charge in [0.05, 0.1) is 10.6 Å². The maximum atomic E-state index is 11.4. The van der Waals surface area contributed by atoms with Gasteiger partial charge in [-0.2, -0.15) is 4.36 Å². The van der Waals surface area contributed by atoms with Crippen LogP contribution in [0.25, 0.3) is 6.08 Å². The fourth-order valence-electron chi connectivity index (χ4n) is 1.20. The normalized spacial score (nSPS) is 16.9. The summed E-state index contributed by atoms with van der Waals surface area (Å²) in [5.41, 5.74) is 1.20. The highest BCUT2D eigenvalue weighted by atomic mass is 32.2. The van der Waals surface area contributed by atoms with E-state index in [-0.39, 0.29) is 0 Å². The molecule has 66 valence electrons. The van der Waals surface area contributed by atoms with E-state index < -0.39 is 9.84 Å². The fourth-order valence-corrected chi connectivity index (χ4v) is 2.54. The topological polar surface area (TPSA) is 46.5 Å². The molecule has 2 rings (SSSR count). The van der Waals surface area contributed by atoms with Gasteiger partial charge in [0, 0.05) is 17.8 Å². The van der Waals surface area contributed by atoms with Crippen molar-refractivity contribution in [3.63, 3.8) is 0 Å². The molecule has 0 bridgehead atoms. The summed E-state index contributed by atoms with van der Waals surface area (Å²) in [6.45, 7) is 0. The van der Waals surface area contributed by atoms with Crippen LogP contribution in [-0.2, 0) is 22.3 Å². The fraction of sp³-hybridized carbons (Fsp3) is 0. The molecule has 0 N–H and O–H groups in total. The summed E-state index contributed by atoms with van der Waals surface area (Å²) >= 11 is 4.47. The van der Waals surface area contributed by atoms with Gasteiger partial charge >= 0.3 is 0 Å². The molecule has 1 aromatic carbocycles. The first-order valence-electron chi connectivity index (χ1n) is 3.54. The number of fused-ring (bicyclic) bond motifs is 1. The van der Waals surface area contributed by atoms with Crippen molar-refractivity contribution < 1.29 is 8.42 Å². The quantitative estimate of drug-likeness (QED) is 0.711. The molecule has 0 radical (unpaired) electrons. The van der Waals surface area contributed by atoms with E-state index in [0.717, 1.165) is 0 Å². The Morgan fingerprint density at radius 2 is 2.08 bits per heavy atom. The third-order valence-electron chi connectivity index (χ3n) is 1.84. The molecule has 0 aliphatic carbocycles. The van der Waals surface area contributed by atoms with Crippen LogP contribution in [0.15, 0.2) is 32.9 Å². The molecule has 0 unspecified atom stereocenters. The zero-order valence-electron chi connectivity index (χ0n) is 6.47. The van der Waals surface area contributed by atoms with Crippen molar-refractivity contribution >= 4 is 34.0 Å². The number of sulfone groups is 1. The maximum absolute atomic E-state index is 11.4. The minimum atomic E-state index is -3.23. The Bertz CT molecular complexity index is 503. The molecule has 0 spiro atoms. The highest BCUT2D eigenvalue weighted by Crippen LogP contribution is 2.29. The predicted molar refractivity (Wildman–Crippen MR) is 52.1 cm³/mol. The molecule has 0 amide bonds. The van der Waals surface area contributed by atoms with Crippen LogP contribution in [-0.4, -0.2) is 8.42 Å². The first-order chi connectivity index (χ1) is 6.13. The lowest BCUT2D eigenvalue weighted by atomic mass is 10.2. The Balaban J connectivity index is 2.74. The summed E-state index contributed by atoms with van der Waals surface area (Å²) in [6, 6.07) is 4.87. The van der Waals surface area contributed by atoms with Crippen molar-refractivity contribution in [2.75, 3.05) is 0 Å². The standard InChI is InChI=1S/C8H5NO2S2/c10-13(11)4-3-6-1-2-7(9-12)5-8(6)13/h1-5H. The van der Waals surface area contributed by atoms with Crippen molar-refractivity contribution in [2.24, 2.45) is 4.36 Å². The third-order valence-corrected chi connectivity index (χ3v) is 3.51. The number of benzene rings is 1. The lowest BCUT2D eigenvalue weighted by Crippen LogP contribution is -1.92.